The van der Waals surface area contributed by atoms with E-state index in [1.807, 2.05) is 30.5 Å². The third kappa shape index (κ3) is 2.94. The second-order valence-corrected chi connectivity index (χ2v) is 6.20. The molecule has 0 radical (unpaired) electrons. The first-order valence-corrected chi connectivity index (χ1v) is 8.45. The van der Waals surface area contributed by atoms with E-state index in [1.165, 1.54) is 6.26 Å². The molecule has 4 heterocycles. The van der Waals surface area contributed by atoms with Gasteiger partial charge in [-0.15, -0.1) is 10.2 Å². The molecule has 0 fully saturated rings. The molecule has 134 valence electrons. The standard InChI is InChI=1S/C18H19N5O3/c1-12-5-6-14(10-19-12)26-11-16-20-21-17-13(2)22(7-8-23(16)17)18(24)15-4-3-9-25-15/h3-6,9-10,13H,7-8,11H2,1-2H3. The van der Waals surface area contributed by atoms with Crippen molar-refractivity contribution in [2.75, 3.05) is 6.54 Å². The number of nitrogens with zero attached hydrogens (tertiary/aromatic N) is 5. The molecular formula is C18H19N5O3. The molecule has 3 aromatic heterocycles. The Morgan fingerprint density at radius 3 is 2.92 bits per heavy atom. The summed E-state index contributed by atoms with van der Waals surface area (Å²) >= 11 is 0. The summed E-state index contributed by atoms with van der Waals surface area (Å²) < 4.78 is 13.0. The zero-order valence-electron chi connectivity index (χ0n) is 14.6. The lowest BCUT2D eigenvalue weighted by Crippen LogP contribution is -2.41. The van der Waals surface area contributed by atoms with E-state index in [4.69, 9.17) is 9.15 Å². The number of rotatable bonds is 4. The summed E-state index contributed by atoms with van der Waals surface area (Å²) in [6.07, 6.45) is 3.19. The largest absolute Gasteiger partial charge is 0.484 e. The molecule has 0 aromatic carbocycles. The Kier molecular flexibility index (Phi) is 4.16. The molecule has 0 saturated carbocycles. The molecule has 0 saturated heterocycles. The maximum atomic E-state index is 12.6. The van der Waals surface area contributed by atoms with Gasteiger partial charge in [0.25, 0.3) is 5.91 Å². The molecular weight excluding hydrogens is 334 g/mol. The van der Waals surface area contributed by atoms with Crippen LogP contribution in [-0.4, -0.2) is 37.1 Å². The van der Waals surface area contributed by atoms with Crippen molar-refractivity contribution in [3.8, 4) is 5.75 Å². The number of hydrogen-bond donors (Lipinski definition) is 0. The summed E-state index contributed by atoms with van der Waals surface area (Å²) in [5, 5.41) is 8.51. The summed E-state index contributed by atoms with van der Waals surface area (Å²) in [7, 11) is 0. The van der Waals surface area contributed by atoms with Gasteiger partial charge in [0, 0.05) is 18.8 Å². The normalized spacial score (nSPS) is 16.4. The highest BCUT2D eigenvalue weighted by Gasteiger charge is 2.32. The number of amides is 1. The molecule has 0 spiro atoms. The van der Waals surface area contributed by atoms with Gasteiger partial charge in [0.1, 0.15) is 12.4 Å². The van der Waals surface area contributed by atoms with Crippen molar-refractivity contribution in [1.29, 1.82) is 0 Å². The molecule has 1 atom stereocenters. The lowest BCUT2D eigenvalue weighted by Gasteiger charge is -2.33. The molecule has 8 heteroatoms. The van der Waals surface area contributed by atoms with Gasteiger partial charge in [0.05, 0.1) is 18.5 Å². The van der Waals surface area contributed by atoms with Gasteiger partial charge in [-0.2, -0.15) is 0 Å². The minimum Gasteiger partial charge on any atom is -0.484 e. The van der Waals surface area contributed by atoms with Crippen LogP contribution in [0.3, 0.4) is 0 Å². The molecule has 4 rings (SSSR count). The summed E-state index contributed by atoms with van der Waals surface area (Å²) in [4.78, 5) is 18.5. The summed E-state index contributed by atoms with van der Waals surface area (Å²) in [5.41, 5.74) is 0.937. The van der Waals surface area contributed by atoms with Gasteiger partial charge in [-0.05, 0) is 38.1 Å². The molecule has 1 unspecified atom stereocenters. The molecule has 1 amide bonds. The van der Waals surface area contributed by atoms with Gasteiger partial charge in [0.2, 0.25) is 0 Å². The highest BCUT2D eigenvalue weighted by molar-refractivity contribution is 5.91. The number of pyridine rings is 1. The molecule has 3 aromatic rings. The van der Waals surface area contributed by atoms with E-state index >= 15 is 0 Å². The number of carbonyl (C=O) groups is 1. The van der Waals surface area contributed by atoms with Crippen LogP contribution in [0.2, 0.25) is 0 Å². The van der Waals surface area contributed by atoms with E-state index in [0.717, 1.165) is 17.3 Å². The predicted molar refractivity (Wildman–Crippen MR) is 91.5 cm³/mol. The molecule has 1 aliphatic rings. The molecule has 0 N–H and O–H groups in total. The number of aromatic nitrogens is 4. The first-order valence-electron chi connectivity index (χ1n) is 8.45. The van der Waals surface area contributed by atoms with E-state index in [2.05, 4.69) is 15.2 Å². The first kappa shape index (κ1) is 16.3. The second-order valence-electron chi connectivity index (χ2n) is 6.20. The van der Waals surface area contributed by atoms with E-state index in [9.17, 15) is 4.79 Å². The fourth-order valence-corrected chi connectivity index (χ4v) is 3.06. The smallest absolute Gasteiger partial charge is 0.290 e. The van der Waals surface area contributed by atoms with Gasteiger partial charge >= 0.3 is 0 Å². The fraction of sp³-hybridized carbons (Fsp3) is 0.333. The highest BCUT2D eigenvalue weighted by atomic mass is 16.5. The Labute approximate surface area is 150 Å². The van der Waals surface area contributed by atoms with Gasteiger partial charge in [-0.1, -0.05) is 0 Å². The lowest BCUT2D eigenvalue weighted by atomic mass is 10.2. The lowest BCUT2D eigenvalue weighted by molar-refractivity contribution is 0.0602. The Morgan fingerprint density at radius 2 is 2.19 bits per heavy atom. The Bertz CT molecular complexity index is 902. The average molecular weight is 353 g/mol. The third-order valence-corrected chi connectivity index (χ3v) is 4.51. The van der Waals surface area contributed by atoms with Crippen molar-refractivity contribution in [3.05, 3.63) is 59.8 Å². The van der Waals surface area contributed by atoms with E-state index in [-0.39, 0.29) is 11.9 Å². The topological polar surface area (TPSA) is 86.3 Å². The number of aryl methyl sites for hydroxylation is 1. The molecule has 0 aliphatic carbocycles. The summed E-state index contributed by atoms with van der Waals surface area (Å²) in [6, 6.07) is 6.96. The van der Waals surface area contributed by atoms with Crippen LogP contribution >= 0.6 is 0 Å². The molecule has 1 aliphatic heterocycles. The number of carbonyl (C=O) groups excluding carboxylic acids is 1. The number of ether oxygens (including phenoxy) is 1. The maximum absolute atomic E-state index is 12.6. The van der Waals surface area contributed by atoms with E-state index in [0.29, 0.717) is 31.2 Å². The van der Waals surface area contributed by atoms with Crippen molar-refractivity contribution >= 4 is 5.91 Å². The monoisotopic (exact) mass is 353 g/mol. The van der Waals surface area contributed by atoms with Crippen LogP contribution in [0.5, 0.6) is 5.75 Å². The number of furan rings is 1. The number of fused-ring (bicyclic) bond motifs is 1. The van der Waals surface area contributed by atoms with Gasteiger partial charge < -0.3 is 18.6 Å². The molecule has 0 bridgehead atoms. The van der Waals surface area contributed by atoms with Crippen LogP contribution in [0.15, 0.2) is 41.1 Å². The molecule has 26 heavy (non-hydrogen) atoms. The van der Waals surface area contributed by atoms with Crippen LogP contribution in [0, 0.1) is 6.92 Å². The Morgan fingerprint density at radius 1 is 1.31 bits per heavy atom. The highest BCUT2D eigenvalue weighted by Crippen LogP contribution is 2.26. The van der Waals surface area contributed by atoms with Crippen molar-refractivity contribution in [3.63, 3.8) is 0 Å². The zero-order chi connectivity index (χ0) is 18.1. The van der Waals surface area contributed by atoms with Crippen LogP contribution in [0.1, 0.15) is 40.9 Å². The quantitative estimate of drug-likeness (QED) is 0.716. The Balaban J connectivity index is 1.48. The number of hydrogen-bond acceptors (Lipinski definition) is 6. The van der Waals surface area contributed by atoms with Crippen molar-refractivity contribution in [2.24, 2.45) is 0 Å². The van der Waals surface area contributed by atoms with Gasteiger partial charge in [-0.25, -0.2) is 0 Å². The van der Waals surface area contributed by atoms with Crippen LogP contribution in [0.25, 0.3) is 0 Å². The van der Waals surface area contributed by atoms with Crippen LogP contribution in [0.4, 0.5) is 0 Å². The summed E-state index contributed by atoms with van der Waals surface area (Å²) in [6.45, 7) is 5.34. The summed E-state index contributed by atoms with van der Waals surface area (Å²) in [5.74, 6) is 2.36. The first-order chi connectivity index (χ1) is 12.6. The van der Waals surface area contributed by atoms with E-state index < -0.39 is 0 Å². The zero-order valence-corrected chi connectivity index (χ0v) is 14.6. The van der Waals surface area contributed by atoms with Crippen molar-refractivity contribution in [1.82, 2.24) is 24.6 Å². The van der Waals surface area contributed by atoms with Crippen molar-refractivity contribution in [2.45, 2.75) is 33.0 Å². The van der Waals surface area contributed by atoms with Crippen molar-refractivity contribution < 1.29 is 13.9 Å². The minimum atomic E-state index is -0.191. The van der Waals surface area contributed by atoms with Gasteiger partial charge in [0.15, 0.2) is 17.4 Å². The molecule has 8 nitrogen and oxygen atoms in total. The van der Waals surface area contributed by atoms with E-state index in [1.54, 1.807) is 23.2 Å². The average Bonchev–Trinajstić information content (AvgIpc) is 3.31. The predicted octanol–water partition coefficient (Wildman–Crippen LogP) is 2.37. The minimum absolute atomic E-state index is 0.139. The Hall–Kier alpha value is -3.16. The third-order valence-electron chi connectivity index (χ3n) is 4.51. The van der Waals surface area contributed by atoms with Crippen LogP contribution < -0.4 is 4.74 Å². The second kappa shape index (κ2) is 6.62. The maximum Gasteiger partial charge on any atom is 0.290 e. The fourth-order valence-electron chi connectivity index (χ4n) is 3.06. The van der Waals surface area contributed by atoms with Gasteiger partial charge in [-0.3, -0.25) is 9.78 Å². The SMILES string of the molecule is Cc1ccc(OCc2nnc3n2CCN(C(=O)c2ccco2)C3C)cn1. The van der Waals surface area contributed by atoms with Crippen LogP contribution in [-0.2, 0) is 13.2 Å².